The molecule has 5 heteroatoms. The third-order valence-corrected chi connectivity index (χ3v) is 3.78. The number of rotatable bonds is 4. The first-order valence-corrected chi connectivity index (χ1v) is 6.63. The lowest BCUT2D eigenvalue weighted by molar-refractivity contribution is 0.0701. The number of thiophene rings is 1. The number of aryl methyl sites for hydroxylation is 1. The number of hydrogen-bond acceptors (Lipinski definition) is 3. The Morgan fingerprint density at radius 3 is 2.89 bits per heavy atom. The maximum absolute atomic E-state index is 11.0. The molecule has 0 spiro atoms. The highest BCUT2D eigenvalue weighted by Crippen LogP contribution is 2.22. The molecule has 0 saturated heterocycles. The maximum Gasteiger partial charge on any atom is 0.346 e. The van der Waals surface area contributed by atoms with Gasteiger partial charge in [-0.15, -0.1) is 11.3 Å². The Kier molecular flexibility index (Phi) is 3.89. The van der Waals surface area contributed by atoms with Crippen molar-refractivity contribution in [2.45, 2.75) is 13.5 Å². The molecule has 0 bridgehead atoms. The summed E-state index contributed by atoms with van der Waals surface area (Å²) >= 11 is 7.12. The average molecular weight is 282 g/mol. The van der Waals surface area contributed by atoms with Crippen molar-refractivity contribution < 1.29 is 9.90 Å². The van der Waals surface area contributed by atoms with Gasteiger partial charge in [0.2, 0.25) is 0 Å². The lowest BCUT2D eigenvalue weighted by Gasteiger charge is -2.09. The quantitative estimate of drug-likeness (QED) is 0.890. The standard InChI is InChI=1S/C13H12ClNO2S/c1-8-6-10(14)2-3-11(8)15-7-9-4-5-18-12(9)13(16)17/h2-6,15H,7H2,1H3,(H,16,17). The van der Waals surface area contributed by atoms with E-state index in [0.717, 1.165) is 16.8 Å². The molecule has 0 unspecified atom stereocenters. The molecule has 3 nitrogen and oxygen atoms in total. The van der Waals surface area contributed by atoms with Gasteiger partial charge in [0.05, 0.1) is 0 Å². The van der Waals surface area contributed by atoms with Crippen LogP contribution in [-0.4, -0.2) is 11.1 Å². The Bertz CT molecular complexity index is 580. The average Bonchev–Trinajstić information content (AvgIpc) is 2.76. The molecule has 2 N–H and O–H groups in total. The van der Waals surface area contributed by atoms with Crippen LogP contribution in [0.15, 0.2) is 29.6 Å². The zero-order chi connectivity index (χ0) is 13.1. The number of benzene rings is 1. The van der Waals surface area contributed by atoms with Crippen LogP contribution in [0.3, 0.4) is 0 Å². The summed E-state index contributed by atoms with van der Waals surface area (Å²) in [5.74, 6) is -0.880. The first-order valence-electron chi connectivity index (χ1n) is 5.37. The topological polar surface area (TPSA) is 49.3 Å². The summed E-state index contributed by atoms with van der Waals surface area (Å²) in [5.41, 5.74) is 2.79. The molecule has 1 aromatic carbocycles. The lowest BCUT2D eigenvalue weighted by atomic mass is 10.2. The van der Waals surface area contributed by atoms with Gasteiger partial charge in [0, 0.05) is 17.3 Å². The second-order valence-electron chi connectivity index (χ2n) is 3.89. The van der Waals surface area contributed by atoms with Crippen molar-refractivity contribution in [3.8, 4) is 0 Å². The number of aromatic carboxylic acids is 1. The molecule has 2 rings (SSSR count). The van der Waals surface area contributed by atoms with Gasteiger partial charge in [-0.2, -0.15) is 0 Å². The summed E-state index contributed by atoms with van der Waals surface area (Å²) < 4.78 is 0. The molecule has 2 aromatic rings. The van der Waals surface area contributed by atoms with Crippen LogP contribution >= 0.6 is 22.9 Å². The van der Waals surface area contributed by atoms with Crippen LogP contribution in [0, 0.1) is 6.92 Å². The van der Waals surface area contributed by atoms with Crippen LogP contribution in [0.1, 0.15) is 20.8 Å². The monoisotopic (exact) mass is 281 g/mol. The minimum atomic E-state index is -0.880. The number of hydrogen-bond donors (Lipinski definition) is 2. The molecule has 0 aliphatic carbocycles. The highest BCUT2D eigenvalue weighted by Gasteiger charge is 2.11. The predicted molar refractivity (Wildman–Crippen MR) is 74.8 cm³/mol. The van der Waals surface area contributed by atoms with Crippen LogP contribution in [0.25, 0.3) is 0 Å². The number of carbonyl (C=O) groups is 1. The van der Waals surface area contributed by atoms with Gasteiger partial charge in [-0.05, 0) is 47.7 Å². The molecule has 0 amide bonds. The fraction of sp³-hybridized carbons (Fsp3) is 0.154. The van der Waals surface area contributed by atoms with Crippen molar-refractivity contribution >= 4 is 34.6 Å². The molecule has 94 valence electrons. The summed E-state index contributed by atoms with van der Waals surface area (Å²) in [4.78, 5) is 11.4. The minimum Gasteiger partial charge on any atom is -0.477 e. The van der Waals surface area contributed by atoms with E-state index in [1.165, 1.54) is 11.3 Å². The zero-order valence-corrected chi connectivity index (χ0v) is 11.3. The van der Waals surface area contributed by atoms with E-state index in [4.69, 9.17) is 16.7 Å². The molecule has 18 heavy (non-hydrogen) atoms. The number of carboxylic acids is 1. The van der Waals surface area contributed by atoms with E-state index >= 15 is 0 Å². The molecule has 0 aliphatic heterocycles. The first-order chi connectivity index (χ1) is 8.58. The smallest absolute Gasteiger partial charge is 0.346 e. The Hall–Kier alpha value is -1.52. The van der Waals surface area contributed by atoms with Gasteiger partial charge in [0.25, 0.3) is 0 Å². The predicted octanol–water partition coefficient (Wildman–Crippen LogP) is 4.02. The van der Waals surface area contributed by atoms with E-state index in [9.17, 15) is 4.79 Å². The molecule has 0 fully saturated rings. The molecule has 1 heterocycles. The van der Waals surface area contributed by atoms with Crippen molar-refractivity contribution in [1.29, 1.82) is 0 Å². The van der Waals surface area contributed by atoms with Crippen molar-refractivity contribution in [2.24, 2.45) is 0 Å². The van der Waals surface area contributed by atoms with Crippen LogP contribution < -0.4 is 5.32 Å². The zero-order valence-electron chi connectivity index (χ0n) is 9.74. The molecule has 0 radical (unpaired) electrons. The van der Waals surface area contributed by atoms with Gasteiger partial charge in [-0.1, -0.05) is 11.6 Å². The van der Waals surface area contributed by atoms with E-state index in [0.29, 0.717) is 16.4 Å². The van der Waals surface area contributed by atoms with Gasteiger partial charge in [0.15, 0.2) is 0 Å². The largest absolute Gasteiger partial charge is 0.477 e. The van der Waals surface area contributed by atoms with Crippen LogP contribution in [0.2, 0.25) is 5.02 Å². The fourth-order valence-electron chi connectivity index (χ4n) is 1.68. The van der Waals surface area contributed by atoms with Gasteiger partial charge >= 0.3 is 5.97 Å². The van der Waals surface area contributed by atoms with E-state index in [-0.39, 0.29) is 0 Å². The molecule has 0 atom stereocenters. The van der Waals surface area contributed by atoms with Gasteiger partial charge in [0.1, 0.15) is 4.88 Å². The van der Waals surface area contributed by atoms with Crippen LogP contribution in [-0.2, 0) is 6.54 Å². The third kappa shape index (κ3) is 2.83. The molecule has 1 aromatic heterocycles. The normalized spacial score (nSPS) is 10.3. The molecular weight excluding hydrogens is 270 g/mol. The Balaban J connectivity index is 2.11. The summed E-state index contributed by atoms with van der Waals surface area (Å²) in [7, 11) is 0. The SMILES string of the molecule is Cc1cc(Cl)ccc1NCc1ccsc1C(=O)O. The van der Waals surface area contributed by atoms with Gasteiger partial charge in [-0.3, -0.25) is 0 Å². The number of anilines is 1. The molecule has 0 saturated carbocycles. The third-order valence-electron chi connectivity index (χ3n) is 2.60. The van der Waals surface area contributed by atoms with Crippen molar-refractivity contribution in [3.05, 3.63) is 50.7 Å². The van der Waals surface area contributed by atoms with E-state index in [1.54, 1.807) is 5.38 Å². The first kappa shape index (κ1) is 12.9. The Labute approximate surface area is 114 Å². The summed E-state index contributed by atoms with van der Waals surface area (Å²) in [6.45, 7) is 2.45. The van der Waals surface area contributed by atoms with E-state index < -0.39 is 5.97 Å². The molecule has 0 aliphatic rings. The number of halogens is 1. The second kappa shape index (κ2) is 5.42. The van der Waals surface area contributed by atoms with Crippen molar-refractivity contribution in [1.82, 2.24) is 0 Å². The summed E-state index contributed by atoms with van der Waals surface area (Å²) in [6.07, 6.45) is 0. The number of nitrogens with one attached hydrogen (secondary N) is 1. The Morgan fingerprint density at radius 2 is 2.22 bits per heavy atom. The van der Waals surface area contributed by atoms with Crippen LogP contribution in [0.5, 0.6) is 0 Å². The second-order valence-corrected chi connectivity index (χ2v) is 5.25. The van der Waals surface area contributed by atoms with Gasteiger partial charge in [-0.25, -0.2) is 4.79 Å². The Morgan fingerprint density at radius 1 is 1.44 bits per heavy atom. The fourth-order valence-corrected chi connectivity index (χ4v) is 2.67. The molecular formula is C13H12ClNO2S. The van der Waals surface area contributed by atoms with Crippen LogP contribution in [0.4, 0.5) is 5.69 Å². The maximum atomic E-state index is 11.0. The minimum absolute atomic E-state index is 0.383. The highest BCUT2D eigenvalue weighted by atomic mass is 35.5. The van der Waals surface area contributed by atoms with E-state index in [2.05, 4.69) is 5.32 Å². The summed E-state index contributed by atoms with van der Waals surface area (Å²) in [5, 5.41) is 14.7. The highest BCUT2D eigenvalue weighted by molar-refractivity contribution is 7.12. The number of carboxylic acid groups (broad SMARTS) is 1. The summed E-state index contributed by atoms with van der Waals surface area (Å²) in [6, 6.07) is 7.40. The lowest BCUT2D eigenvalue weighted by Crippen LogP contribution is -2.04. The van der Waals surface area contributed by atoms with Crippen molar-refractivity contribution in [3.63, 3.8) is 0 Å². The van der Waals surface area contributed by atoms with E-state index in [1.807, 2.05) is 31.2 Å². The van der Waals surface area contributed by atoms with Crippen molar-refractivity contribution in [2.75, 3.05) is 5.32 Å². The van der Waals surface area contributed by atoms with Gasteiger partial charge < -0.3 is 10.4 Å².